The summed E-state index contributed by atoms with van der Waals surface area (Å²) in [7, 11) is 1.62. The molecule has 0 aromatic heterocycles. The predicted molar refractivity (Wildman–Crippen MR) is 51.9 cm³/mol. The van der Waals surface area contributed by atoms with Crippen LogP contribution in [0.15, 0.2) is 24.3 Å². The molecular weight excluding hydrogens is 180 g/mol. The van der Waals surface area contributed by atoms with Crippen LogP contribution in [0.3, 0.4) is 0 Å². The Balaban J connectivity index is 2.14. The van der Waals surface area contributed by atoms with Gasteiger partial charge in [-0.1, -0.05) is 12.1 Å². The highest BCUT2D eigenvalue weighted by Crippen LogP contribution is 2.24. The topological polar surface area (TPSA) is 64.3 Å². The number of nitrogens with two attached hydrogens (primary N) is 1. The van der Waals surface area contributed by atoms with Gasteiger partial charge in [0.05, 0.1) is 13.2 Å². The summed E-state index contributed by atoms with van der Waals surface area (Å²) >= 11 is 0. The smallest absolute Gasteiger partial charge is 0.239 e. The first-order chi connectivity index (χ1) is 6.72. The normalized spacial score (nSPS) is 25.1. The van der Waals surface area contributed by atoms with Gasteiger partial charge in [-0.2, -0.15) is 0 Å². The average molecular weight is 192 g/mol. The van der Waals surface area contributed by atoms with E-state index in [0.717, 1.165) is 11.3 Å². The number of carbonyl (C=O) groups is 1. The second-order valence-corrected chi connectivity index (χ2v) is 3.29. The molecule has 1 aromatic carbocycles. The molecule has 2 rings (SSSR count). The lowest BCUT2D eigenvalue weighted by molar-refractivity contribution is -0.130. The zero-order valence-corrected chi connectivity index (χ0v) is 7.86. The van der Waals surface area contributed by atoms with E-state index in [2.05, 4.69) is 5.32 Å². The molecule has 0 bridgehead atoms. The SMILES string of the molecule is COc1ccc(C2NC(=O)C2N)cc1. The van der Waals surface area contributed by atoms with Gasteiger partial charge in [0.1, 0.15) is 11.8 Å². The van der Waals surface area contributed by atoms with Gasteiger partial charge in [-0.3, -0.25) is 4.79 Å². The molecule has 1 amide bonds. The molecular formula is C10H12N2O2. The molecule has 1 saturated heterocycles. The number of benzene rings is 1. The van der Waals surface area contributed by atoms with Gasteiger partial charge in [0.25, 0.3) is 0 Å². The van der Waals surface area contributed by atoms with E-state index in [4.69, 9.17) is 10.5 Å². The quantitative estimate of drug-likeness (QED) is 0.657. The second kappa shape index (κ2) is 3.31. The van der Waals surface area contributed by atoms with Gasteiger partial charge in [0.2, 0.25) is 5.91 Å². The molecule has 14 heavy (non-hydrogen) atoms. The molecule has 4 nitrogen and oxygen atoms in total. The highest BCUT2D eigenvalue weighted by molar-refractivity contribution is 5.89. The minimum Gasteiger partial charge on any atom is -0.497 e. The zero-order chi connectivity index (χ0) is 10.1. The number of methoxy groups -OCH3 is 1. The van der Waals surface area contributed by atoms with Crippen LogP contribution in [0.25, 0.3) is 0 Å². The molecule has 1 aliphatic heterocycles. The van der Waals surface area contributed by atoms with Crippen LogP contribution in [-0.4, -0.2) is 19.1 Å². The van der Waals surface area contributed by atoms with Crippen molar-refractivity contribution in [3.05, 3.63) is 29.8 Å². The molecule has 1 aliphatic rings. The molecule has 4 heteroatoms. The van der Waals surface area contributed by atoms with Crippen LogP contribution < -0.4 is 15.8 Å². The maximum atomic E-state index is 10.9. The first kappa shape index (κ1) is 9.02. The number of ether oxygens (including phenoxy) is 1. The second-order valence-electron chi connectivity index (χ2n) is 3.29. The molecule has 1 aromatic rings. The number of rotatable bonds is 2. The lowest BCUT2D eigenvalue weighted by Crippen LogP contribution is -2.60. The molecule has 0 saturated carbocycles. The van der Waals surface area contributed by atoms with Crippen molar-refractivity contribution in [1.29, 1.82) is 0 Å². The van der Waals surface area contributed by atoms with E-state index in [0.29, 0.717) is 0 Å². The highest BCUT2D eigenvalue weighted by Gasteiger charge is 2.36. The Morgan fingerprint density at radius 3 is 2.43 bits per heavy atom. The minimum absolute atomic E-state index is 0.0478. The van der Waals surface area contributed by atoms with Crippen molar-refractivity contribution >= 4 is 5.91 Å². The maximum Gasteiger partial charge on any atom is 0.239 e. The third-order valence-electron chi connectivity index (χ3n) is 2.43. The molecule has 0 spiro atoms. The fourth-order valence-corrected chi connectivity index (χ4v) is 1.50. The molecule has 1 fully saturated rings. The van der Waals surface area contributed by atoms with Crippen LogP contribution >= 0.6 is 0 Å². The largest absolute Gasteiger partial charge is 0.497 e. The van der Waals surface area contributed by atoms with Crippen molar-refractivity contribution in [2.45, 2.75) is 12.1 Å². The van der Waals surface area contributed by atoms with Crippen LogP contribution in [0, 0.1) is 0 Å². The standard InChI is InChI=1S/C10H12N2O2/c1-14-7-4-2-6(3-5-7)9-8(11)10(13)12-9/h2-5,8-9H,11H2,1H3,(H,12,13). The summed E-state index contributed by atoms with van der Waals surface area (Å²) in [4.78, 5) is 10.9. The third kappa shape index (κ3) is 1.33. The molecule has 3 N–H and O–H groups in total. The lowest BCUT2D eigenvalue weighted by atomic mass is 9.92. The Kier molecular flexibility index (Phi) is 2.13. The van der Waals surface area contributed by atoms with Gasteiger partial charge < -0.3 is 15.8 Å². The van der Waals surface area contributed by atoms with Crippen molar-refractivity contribution < 1.29 is 9.53 Å². The monoisotopic (exact) mass is 192 g/mol. The summed E-state index contributed by atoms with van der Waals surface area (Å²) in [6.07, 6.45) is 0. The van der Waals surface area contributed by atoms with Crippen molar-refractivity contribution in [2.24, 2.45) is 5.73 Å². The van der Waals surface area contributed by atoms with Crippen molar-refractivity contribution in [1.82, 2.24) is 5.32 Å². The first-order valence-corrected chi connectivity index (χ1v) is 4.42. The molecule has 1 heterocycles. The summed E-state index contributed by atoms with van der Waals surface area (Å²) in [6.45, 7) is 0. The lowest BCUT2D eigenvalue weighted by Gasteiger charge is -2.34. The first-order valence-electron chi connectivity index (χ1n) is 4.42. The minimum atomic E-state index is -0.414. The van der Waals surface area contributed by atoms with Gasteiger partial charge in [-0.15, -0.1) is 0 Å². The fourth-order valence-electron chi connectivity index (χ4n) is 1.50. The van der Waals surface area contributed by atoms with E-state index in [1.165, 1.54) is 0 Å². The van der Waals surface area contributed by atoms with Crippen LogP contribution in [0.1, 0.15) is 11.6 Å². The van der Waals surface area contributed by atoms with Gasteiger partial charge in [0, 0.05) is 0 Å². The molecule has 0 aliphatic carbocycles. The van der Waals surface area contributed by atoms with Crippen LogP contribution in [-0.2, 0) is 4.79 Å². The van der Waals surface area contributed by atoms with E-state index < -0.39 is 6.04 Å². The van der Waals surface area contributed by atoms with Gasteiger partial charge >= 0.3 is 0 Å². The number of amides is 1. The Morgan fingerprint density at radius 1 is 1.36 bits per heavy atom. The summed E-state index contributed by atoms with van der Waals surface area (Å²) in [6, 6.07) is 7.06. The van der Waals surface area contributed by atoms with E-state index in [9.17, 15) is 4.79 Å². The van der Waals surface area contributed by atoms with Gasteiger partial charge in [-0.05, 0) is 17.7 Å². The zero-order valence-electron chi connectivity index (χ0n) is 7.86. The van der Waals surface area contributed by atoms with Crippen molar-refractivity contribution in [2.75, 3.05) is 7.11 Å². The molecule has 2 atom stereocenters. The van der Waals surface area contributed by atoms with Crippen LogP contribution in [0.5, 0.6) is 5.75 Å². The van der Waals surface area contributed by atoms with Crippen molar-refractivity contribution in [3.8, 4) is 5.75 Å². The van der Waals surface area contributed by atoms with E-state index in [-0.39, 0.29) is 11.9 Å². The summed E-state index contributed by atoms with van der Waals surface area (Å²) < 4.78 is 5.03. The predicted octanol–water partition coefficient (Wildman–Crippen LogP) is 0.193. The maximum absolute atomic E-state index is 10.9. The van der Waals surface area contributed by atoms with E-state index in [1.54, 1.807) is 7.11 Å². The number of hydrogen-bond acceptors (Lipinski definition) is 3. The highest BCUT2D eigenvalue weighted by atomic mass is 16.5. The molecule has 2 unspecified atom stereocenters. The summed E-state index contributed by atoms with van der Waals surface area (Å²) in [5, 5.41) is 2.74. The van der Waals surface area contributed by atoms with Crippen LogP contribution in [0.2, 0.25) is 0 Å². The molecule has 74 valence electrons. The average Bonchev–Trinajstić information content (AvgIpc) is 2.25. The third-order valence-corrected chi connectivity index (χ3v) is 2.43. The van der Waals surface area contributed by atoms with Gasteiger partial charge in [-0.25, -0.2) is 0 Å². The van der Waals surface area contributed by atoms with Gasteiger partial charge in [0.15, 0.2) is 0 Å². The fraction of sp³-hybridized carbons (Fsp3) is 0.300. The number of nitrogens with one attached hydrogen (secondary N) is 1. The molecule has 0 radical (unpaired) electrons. The van der Waals surface area contributed by atoms with Crippen molar-refractivity contribution in [3.63, 3.8) is 0 Å². The number of β-lactam (4-membered cyclic amide) rings is 1. The number of carbonyl (C=O) groups excluding carboxylic acids is 1. The summed E-state index contributed by atoms with van der Waals surface area (Å²) in [5.74, 6) is 0.707. The number of hydrogen-bond donors (Lipinski definition) is 2. The summed E-state index contributed by atoms with van der Waals surface area (Å²) in [5.41, 5.74) is 6.64. The van der Waals surface area contributed by atoms with E-state index in [1.807, 2.05) is 24.3 Å². The van der Waals surface area contributed by atoms with Crippen LogP contribution in [0.4, 0.5) is 0 Å². The Morgan fingerprint density at radius 2 is 2.00 bits per heavy atom. The van der Waals surface area contributed by atoms with E-state index >= 15 is 0 Å². The Bertz CT molecular complexity index is 348. The Labute approximate surface area is 82.1 Å². The Hall–Kier alpha value is -1.55.